The molecule has 2 aliphatic heterocycles. The van der Waals surface area contributed by atoms with Crippen molar-refractivity contribution in [2.24, 2.45) is 5.92 Å². The number of fused-ring (bicyclic) bond motifs is 2. The molecule has 2 atom stereocenters. The third kappa shape index (κ3) is 3.83. The molecule has 9 heteroatoms. The van der Waals surface area contributed by atoms with Gasteiger partial charge in [-0.15, -0.1) is 0 Å². The van der Waals surface area contributed by atoms with Crippen molar-refractivity contribution in [3.8, 4) is 5.75 Å². The van der Waals surface area contributed by atoms with Crippen LogP contribution in [0.2, 0.25) is 0 Å². The zero-order chi connectivity index (χ0) is 19.2. The van der Waals surface area contributed by atoms with Crippen LogP contribution in [-0.4, -0.2) is 34.3 Å². The molecule has 2 aromatic rings. The summed E-state index contributed by atoms with van der Waals surface area (Å²) in [6.07, 6.45) is -1.98. The molecule has 1 amide bonds. The second-order valence-corrected chi connectivity index (χ2v) is 7.83. The number of hydrogen-bond donors (Lipinski definition) is 1. The lowest BCUT2D eigenvalue weighted by Gasteiger charge is -2.26. The van der Waals surface area contributed by atoms with Crippen molar-refractivity contribution in [2.75, 3.05) is 6.61 Å². The van der Waals surface area contributed by atoms with E-state index in [2.05, 4.69) is 26.2 Å². The van der Waals surface area contributed by atoms with Crippen LogP contribution in [0, 0.1) is 5.92 Å². The average molecular weight is 444 g/mol. The Morgan fingerprint density at radius 1 is 1.37 bits per heavy atom. The highest BCUT2D eigenvalue weighted by atomic mass is 79.9. The zero-order valence-corrected chi connectivity index (χ0v) is 15.8. The fourth-order valence-corrected chi connectivity index (χ4v) is 3.94. The number of imidazole rings is 1. The van der Waals surface area contributed by atoms with E-state index in [1.165, 1.54) is 10.8 Å². The van der Waals surface area contributed by atoms with E-state index >= 15 is 0 Å². The van der Waals surface area contributed by atoms with E-state index in [0.29, 0.717) is 18.9 Å². The highest BCUT2D eigenvalue weighted by Crippen LogP contribution is 2.34. The molecule has 3 heterocycles. The van der Waals surface area contributed by atoms with Gasteiger partial charge >= 0.3 is 6.18 Å². The molecule has 27 heavy (non-hydrogen) atoms. The summed E-state index contributed by atoms with van der Waals surface area (Å²) in [5.41, 5.74) is 1.13. The molecule has 0 fully saturated rings. The summed E-state index contributed by atoms with van der Waals surface area (Å²) in [6.45, 7) is 0.150. The molecule has 0 saturated carbocycles. The first-order valence-electron chi connectivity index (χ1n) is 8.64. The number of alkyl halides is 3. The van der Waals surface area contributed by atoms with Gasteiger partial charge in [-0.1, -0.05) is 15.9 Å². The van der Waals surface area contributed by atoms with Crippen LogP contribution in [0.15, 0.2) is 28.9 Å². The van der Waals surface area contributed by atoms with Crippen LogP contribution in [0.1, 0.15) is 28.3 Å². The molecule has 0 saturated heterocycles. The van der Waals surface area contributed by atoms with Gasteiger partial charge < -0.3 is 14.6 Å². The van der Waals surface area contributed by atoms with Crippen molar-refractivity contribution < 1.29 is 22.7 Å². The van der Waals surface area contributed by atoms with Crippen molar-refractivity contribution in [2.45, 2.75) is 38.0 Å². The highest BCUT2D eigenvalue weighted by Gasteiger charge is 2.41. The molecule has 0 radical (unpaired) electrons. The normalized spacial score (nSPS) is 21.8. The summed E-state index contributed by atoms with van der Waals surface area (Å²) in [5.74, 6) is -0.474. The molecule has 144 valence electrons. The summed E-state index contributed by atoms with van der Waals surface area (Å²) in [5, 5.41) is 2.87. The second-order valence-electron chi connectivity index (χ2n) is 6.91. The van der Waals surface area contributed by atoms with E-state index < -0.39 is 18.0 Å². The van der Waals surface area contributed by atoms with Crippen LogP contribution < -0.4 is 10.1 Å². The number of rotatable bonds is 2. The predicted octanol–water partition coefficient (Wildman–Crippen LogP) is 3.50. The standard InChI is InChI=1S/C18H17BrF3N3O2/c19-12-2-3-15-10(5-12)6-13(9-27-15)23-17(26)14-8-25-7-11(18(20,21)22)1-4-16(25)24-14/h2-3,5,8,11,13H,1,4,6-7,9H2,(H,23,26)/t11?,13-/m1/s1. The quantitative estimate of drug-likeness (QED) is 0.772. The van der Waals surface area contributed by atoms with E-state index in [1.54, 1.807) is 0 Å². The van der Waals surface area contributed by atoms with Crippen LogP contribution in [-0.2, 0) is 19.4 Å². The first-order chi connectivity index (χ1) is 12.8. The van der Waals surface area contributed by atoms with E-state index in [9.17, 15) is 18.0 Å². The third-order valence-corrected chi connectivity index (χ3v) is 5.45. The molecular weight excluding hydrogens is 427 g/mol. The number of carbonyl (C=O) groups is 1. The van der Waals surface area contributed by atoms with Gasteiger partial charge in [-0.3, -0.25) is 4.79 Å². The minimum atomic E-state index is -4.23. The number of amides is 1. The smallest absolute Gasteiger partial charge is 0.393 e. The summed E-state index contributed by atoms with van der Waals surface area (Å²) in [7, 11) is 0. The van der Waals surface area contributed by atoms with Gasteiger partial charge in [0.1, 0.15) is 23.9 Å². The van der Waals surface area contributed by atoms with Crippen LogP contribution in [0.4, 0.5) is 13.2 Å². The number of hydrogen-bond acceptors (Lipinski definition) is 3. The molecule has 1 N–H and O–H groups in total. The number of aromatic nitrogens is 2. The lowest BCUT2D eigenvalue weighted by molar-refractivity contribution is -0.182. The molecule has 1 aromatic heterocycles. The third-order valence-electron chi connectivity index (χ3n) is 4.95. The molecule has 0 bridgehead atoms. The molecular formula is C18H17BrF3N3O2. The van der Waals surface area contributed by atoms with E-state index in [1.807, 2.05) is 18.2 Å². The highest BCUT2D eigenvalue weighted by molar-refractivity contribution is 9.10. The van der Waals surface area contributed by atoms with Crippen molar-refractivity contribution in [1.29, 1.82) is 0 Å². The lowest BCUT2D eigenvalue weighted by Crippen LogP contribution is -2.42. The first kappa shape index (κ1) is 18.3. The first-order valence-corrected chi connectivity index (χ1v) is 9.44. The van der Waals surface area contributed by atoms with Gasteiger partial charge in [0.05, 0.1) is 12.0 Å². The molecule has 2 aliphatic rings. The Morgan fingerprint density at radius 2 is 2.19 bits per heavy atom. The largest absolute Gasteiger partial charge is 0.491 e. The van der Waals surface area contributed by atoms with Crippen LogP contribution in [0.25, 0.3) is 0 Å². The van der Waals surface area contributed by atoms with E-state index in [0.717, 1.165) is 15.8 Å². The zero-order valence-electron chi connectivity index (χ0n) is 14.2. The van der Waals surface area contributed by atoms with Gasteiger partial charge in [-0.2, -0.15) is 13.2 Å². The second kappa shape index (κ2) is 6.85. The Morgan fingerprint density at radius 3 is 2.96 bits per heavy atom. The Kier molecular flexibility index (Phi) is 4.65. The fraction of sp³-hybridized carbons (Fsp3) is 0.444. The number of nitrogens with one attached hydrogen (secondary N) is 1. The number of nitrogens with zero attached hydrogens (tertiary/aromatic N) is 2. The van der Waals surface area contributed by atoms with Crippen molar-refractivity contribution >= 4 is 21.8 Å². The summed E-state index contributed by atoms with van der Waals surface area (Å²) in [6, 6.07) is 5.49. The van der Waals surface area contributed by atoms with Crippen LogP contribution in [0.3, 0.4) is 0 Å². The number of benzene rings is 1. The average Bonchev–Trinajstić information content (AvgIpc) is 3.04. The van der Waals surface area contributed by atoms with Crippen molar-refractivity contribution in [1.82, 2.24) is 14.9 Å². The maximum atomic E-state index is 12.9. The Bertz CT molecular complexity index is 881. The number of carbonyl (C=O) groups excluding carboxylic acids is 1. The van der Waals surface area contributed by atoms with Gasteiger partial charge in [0.15, 0.2) is 0 Å². The van der Waals surface area contributed by atoms with Gasteiger partial charge in [-0.05, 0) is 36.6 Å². The molecule has 0 spiro atoms. The van der Waals surface area contributed by atoms with Gasteiger partial charge in [0.2, 0.25) is 0 Å². The number of ether oxygens (including phenoxy) is 1. The minimum absolute atomic E-state index is 0.00367. The fourth-order valence-electron chi connectivity index (χ4n) is 3.54. The summed E-state index contributed by atoms with van der Waals surface area (Å²) < 4.78 is 46.8. The SMILES string of the molecule is O=C(N[C@H]1COc2ccc(Br)cc2C1)c1cn2c(n1)CCC(C(F)(F)F)C2. The number of halogens is 4. The summed E-state index contributed by atoms with van der Waals surface area (Å²) in [4.78, 5) is 16.7. The van der Waals surface area contributed by atoms with E-state index in [-0.39, 0.29) is 31.1 Å². The minimum Gasteiger partial charge on any atom is -0.491 e. The maximum Gasteiger partial charge on any atom is 0.393 e. The predicted molar refractivity (Wildman–Crippen MR) is 94.7 cm³/mol. The van der Waals surface area contributed by atoms with Crippen molar-refractivity contribution in [3.63, 3.8) is 0 Å². The topological polar surface area (TPSA) is 56.1 Å². The Balaban J connectivity index is 1.44. The van der Waals surface area contributed by atoms with Crippen LogP contribution >= 0.6 is 15.9 Å². The summed E-state index contributed by atoms with van der Waals surface area (Å²) >= 11 is 3.41. The molecule has 5 nitrogen and oxygen atoms in total. The monoisotopic (exact) mass is 443 g/mol. The molecule has 1 unspecified atom stereocenters. The van der Waals surface area contributed by atoms with Gasteiger partial charge in [0.25, 0.3) is 5.91 Å². The van der Waals surface area contributed by atoms with Crippen molar-refractivity contribution in [3.05, 3.63) is 46.0 Å². The maximum absolute atomic E-state index is 12.9. The molecule has 4 rings (SSSR count). The van der Waals surface area contributed by atoms with Gasteiger partial charge in [-0.25, -0.2) is 4.98 Å². The lowest BCUT2D eigenvalue weighted by atomic mass is 9.99. The number of aryl methyl sites for hydroxylation is 1. The van der Waals surface area contributed by atoms with E-state index in [4.69, 9.17) is 4.74 Å². The van der Waals surface area contributed by atoms with Gasteiger partial charge in [0, 0.05) is 23.6 Å². The Hall–Kier alpha value is -2.03. The molecule has 0 aliphatic carbocycles. The molecule has 1 aromatic carbocycles. The van der Waals surface area contributed by atoms with Crippen LogP contribution in [0.5, 0.6) is 5.75 Å². The Labute approximate surface area is 162 Å².